The second kappa shape index (κ2) is 8.61. The minimum Gasteiger partial charge on any atom is -0.354 e. The number of rotatable bonds is 4. The number of thioether (sulfide) groups is 2. The maximum atomic E-state index is 13.0. The van der Waals surface area contributed by atoms with Gasteiger partial charge in [-0.2, -0.15) is 5.10 Å². The number of carbonyl (C=O) groups excluding carboxylic acids is 2. The van der Waals surface area contributed by atoms with E-state index in [1.165, 1.54) is 17.1 Å². The fraction of sp³-hybridized carbons (Fsp3) is 0.450. The topological polar surface area (TPSA) is 67.2 Å². The molecule has 2 aliphatic rings. The molecule has 0 spiro atoms. The van der Waals surface area contributed by atoms with E-state index in [0.29, 0.717) is 16.8 Å². The smallest absolute Gasteiger partial charge is 0.271 e. The highest BCUT2D eigenvalue weighted by molar-refractivity contribution is 8.19. The van der Waals surface area contributed by atoms with E-state index in [1.54, 1.807) is 13.1 Å². The van der Waals surface area contributed by atoms with Crippen LogP contribution in [0.4, 0.5) is 0 Å². The Morgan fingerprint density at radius 3 is 2.61 bits per heavy atom. The summed E-state index contributed by atoms with van der Waals surface area (Å²) in [7, 11) is 1.59. The lowest BCUT2D eigenvalue weighted by Gasteiger charge is -2.33. The van der Waals surface area contributed by atoms with Crippen LogP contribution >= 0.6 is 23.5 Å². The number of piperidine rings is 1. The maximum absolute atomic E-state index is 13.0. The second-order valence-electron chi connectivity index (χ2n) is 7.00. The summed E-state index contributed by atoms with van der Waals surface area (Å²) in [6, 6.07) is 9.91. The summed E-state index contributed by atoms with van der Waals surface area (Å²) in [5.74, 6) is 2.27. The Morgan fingerprint density at radius 2 is 1.89 bits per heavy atom. The van der Waals surface area contributed by atoms with Gasteiger partial charge in [-0.25, -0.2) is 0 Å². The zero-order valence-electron chi connectivity index (χ0n) is 15.8. The fourth-order valence-corrected chi connectivity index (χ4v) is 6.52. The molecule has 6 nitrogen and oxygen atoms in total. The zero-order valence-corrected chi connectivity index (χ0v) is 17.5. The maximum Gasteiger partial charge on any atom is 0.271 e. The molecular weight excluding hydrogens is 392 g/mol. The van der Waals surface area contributed by atoms with Crippen molar-refractivity contribution in [3.8, 4) is 0 Å². The van der Waals surface area contributed by atoms with Gasteiger partial charge in [0, 0.05) is 43.4 Å². The van der Waals surface area contributed by atoms with Gasteiger partial charge >= 0.3 is 0 Å². The lowest BCUT2D eigenvalue weighted by molar-refractivity contribution is 0.0671. The van der Waals surface area contributed by atoms with Crippen molar-refractivity contribution >= 4 is 35.3 Å². The van der Waals surface area contributed by atoms with Crippen LogP contribution in [0.3, 0.4) is 0 Å². The van der Waals surface area contributed by atoms with Crippen LogP contribution in [0.1, 0.15) is 49.9 Å². The minimum absolute atomic E-state index is 0.0710. The number of hydrogen-bond donors (Lipinski definition) is 1. The Balaban J connectivity index is 1.43. The first kappa shape index (κ1) is 19.4. The SMILES string of the molecule is CNC(=O)c1ccn([C@H]2CCCN(C(=O)c3ccc(C4SCCS4)cc3)C2)n1. The van der Waals surface area contributed by atoms with Gasteiger partial charge in [-0.05, 0) is 36.6 Å². The largest absolute Gasteiger partial charge is 0.354 e. The Bertz CT molecular complexity index is 846. The van der Waals surface area contributed by atoms with Crippen LogP contribution in [0.2, 0.25) is 0 Å². The standard InChI is InChI=1S/C20H24N4O2S2/c1-21-18(25)17-8-10-24(22-17)16-3-2-9-23(13-16)19(26)14-4-6-15(7-5-14)20-27-11-12-28-20/h4-8,10,16,20H,2-3,9,11-13H2,1H3,(H,21,25)/t16-/m0/s1. The molecule has 28 heavy (non-hydrogen) atoms. The summed E-state index contributed by atoms with van der Waals surface area (Å²) in [5.41, 5.74) is 2.44. The summed E-state index contributed by atoms with van der Waals surface area (Å²) >= 11 is 3.94. The molecule has 3 heterocycles. The molecule has 1 aromatic heterocycles. The van der Waals surface area contributed by atoms with E-state index in [0.717, 1.165) is 24.9 Å². The highest BCUT2D eigenvalue weighted by Gasteiger charge is 2.27. The minimum atomic E-state index is -0.193. The van der Waals surface area contributed by atoms with Crippen LogP contribution < -0.4 is 5.32 Å². The Morgan fingerprint density at radius 1 is 1.14 bits per heavy atom. The first-order valence-corrected chi connectivity index (χ1v) is 11.6. The van der Waals surface area contributed by atoms with Gasteiger partial charge in [-0.1, -0.05) is 12.1 Å². The predicted molar refractivity (Wildman–Crippen MR) is 114 cm³/mol. The number of hydrogen-bond acceptors (Lipinski definition) is 5. The van der Waals surface area contributed by atoms with Crippen molar-refractivity contribution in [3.63, 3.8) is 0 Å². The summed E-state index contributed by atoms with van der Waals surface area (Å²) in [4.78, 5) is 26.6. The van der Waals surface area contributed by atoms with E-state index in [4.69, 9.17) is 0 Å². The number of benzene rings is 1. The number of amides is 2. The third-order valence-corrected chi connectivity index (χ3v) is 8.28. The van der Waals surface area contributed by atoms with Crippen molar-refractivity contribution in [1.29, 1.82) is 0 Å². The van der Waals surface area contributed by atoms with Crippen LogP contribution in [-0.4, -0.2) is 58.1 Å². The number of likely N-dealkylation sites (tertiary alicyclic amines) is 1. The third kappa shape index (κ3) is 4.07. The first-order valence-electron chi connectivity index (χ1n) is 9.55. The molecule has 0 aliphatic carbocycles. The molecule has 2 saturated heterocycles. The lowest BCUT2D eigenvalue weighted by atomic mass is 10.0. The molecular formula is C20H24N4O2S2. The van der Waals surface area contributed by atoms with Crippen LogP contribution in [0.25, 0.3) is 0 Å². The monoisotopic (exact) mass is 416 g/mol. The predicted octanol–water partition coefficient (Wildman–Crippen LogP) is 3.20. The fourth-order valence-electron chi connectivity index (χ4n) is 3.66. The van der Waals surface area contributed by atoms with Crippen molar-refractivity contribution in [1.82, 2.24) is 20.0 Å². The van der Waals surface area contributed by atoms with E-state index >= 15 is 0 Å². The van der Waals surface area contributed by atoms with E-state index in [2.05, 4.69) is 22.5 Å². The van der Waals surface area contributed by atoms with Crippen LogP contribution in [-0.2, 0) is 0 Å². The quantitative estimate of drug-likeness (QED) is 0.829. The van der Waals surface area contributed by atoms with Gasteiger partial charge in [-0.3, -0.25) is 14.3 Å². The molecule has 8 heteroatoms. The van der Waals surface area contributed by atoms with Crippen LogP contribution in [0.5, 0.6) is 0 Å². The van der Waals surface area contributed by atoms with Gasteiger partial charge in [0.15, 0.2) is 0 Å². The van der Waals surface area contributed by atoms with Gasteiger partial charge < -0.3 is 10.2 Å². The Hall–Kier alpha value is -1.93. The van der Waals surface area contributed by atoms with Gasteiger partial charge in [0.25, 0.3) is 11.8 Å². The normalized spacial score (nSPS) is 20.3. The molecule has 1 atom stereocenters. The van der Waals surface area contributed by atoms with Gasteiger partial charge in [-0.15, -0.1) is 23.5 Å². The van der Waals surface area contributed by atoms with Gasteiger partial charge in [0.1, 0.15) is 5.69 Å². The highest BCUT2D eigenvalue weighted by atomic mass is 32.2. The van der Waals surface area contributed by atoms with Crippen molar-refractivity contribution in [3.05, 3.63) is 53.3 Å². The molecule has 0 bridgehead atoms. The van der Waals surface area contributed by atoms with Crippen molar-refractivity contribution in [2.24, 2.45) is 0 Å². The highest BCUT2D eigenvalue weighted by Crippen LogP contribution is 2.45. The molecule has 0 saturated carbocycles. The molecule has 2 fully saturated rings. The summed E-state index contributed by atoms with van der Waals surface area (Å²) < 4.78 is 2.32. The molecule has 2 aromatic rings. The second-order valence-corrected chi connectivity index (χ2v) is 9.73. The first-order chi connectivity index (χ1) is 13.7. The Labute approximate surface area is 173 Å². The molecule has 148 valence electrons. The lowest BCUT2D eigenvalue weighted by Crippen LogP contribution is -2.41. The summed E-state index contributed by atoms with van der Waals surface area (Å²) in [5, 5.41) is 6.98. The summed E-state index contributed by atoms with van der Waals surface area (Å²) in [6.45, 7) is 1.37. The Kier molecular flexibility index (Phi) is 5.96. The third-order valence-electron chi connectivity index (χ3n) is 5.18. The molecule has 0 unspecified atom stereocenters. The van der Waals surface area contributed by atoms with Gasteiger partial charge in [0.2, 0.25) is 0 Å². The number of aromatic nitrogens is 2. The number of nitrogens with zero attached hydrogens (tertiary/aromatic N) is 3. The molecule has 1 N–H and O–H groups in total. The van der Waals surface area contributed by atoms with E-state index in [-0.39, 0.29) is 17.9 Å². The molecule has 4 rings (SSSR count). The van der Waals surface area contributed by atoms with Crippen molar-refractivity contribution in [2.45, 2.75) is 23.5 Å². The number of nitrogens with one attached hydrogen (secondary N) is 1. The number of carbonyl (C=O) groups is 2. The molecule has 1 aromatic carbocycles. The van der Waals surface area contributed by atoms with Crippen molar-refractivity contribution < 1.29 is 9.59 Å². The zero-order chi connectivity index (χ0) is 19.5. The van der Waals surface area contributed by atoms with E-state index in [9.17, 15) is 9.59 Å². The average molecular weight is 417 g/mol. The van der Waals surface area contributed by atoms with E-state index in [1.807, 2.05) is 51.4 Å². The van der Waals surface area contributed by atoms with Crippen LogP contribution in [0.15, 0.2) is 36.5 Å². The van der Waals surface area contributed by atoms with Crippen LogP contribution in [0, 0.1) is 0 Å². The molecule has 2 aliphatic heterocycles. The van der Waals surface area contributed by atoms with E-state index < -0.39 is 0 Å². The van der Waals surface area contributed by atoms with Crippen molar-refractivity contribution in [2.75, 3.05) is 31.6 Å². The summed E-state index contributed by atoms with van der Waals surface area (Å²) in [6.07, 6.45) is 3.71. The average Bonchev–Trinajstić information content (AvgIpc) is 3.45. The van der Waals surface area contributed by atoms with Gasteiger partial charge in [0.05, 0.1) is 10.6 Å². The molecule has 0 radical (unpaired) electrons. The molecule has 2 amide bonds.